The molecule has 19 heavy (non-hydrogen) atoms. The molecule has 0 radical (unpaired) electrons. The second-order valence-electron chi connectivity index (χ2n) is 5.16. The molecule has 0 saturated heterocycles. The number of nitrogens with zero attached hydrogens (tertiary/aromatic N) is 2. The minimum absolute atomic E-state index is 0.980. The lowest BCUT2D eigenvalue weighted by molar-refractivity contribution is 0.795. The van der Waals surface area contributed by atoms with Gasteiger partial charge in [-0.3, -0.25) is 0 Å². The van der Waals surface area contributed by atoms with Crippen molar-refractivity contribution in [1.82, 2.24) is 0 Å². The lowest BCUT2D eigenvalue weighted by Crippen LogP contribution is -2.31. The Kier molecular flexibility index (Phi) is 2.34. The first-order chi connectivity index (χ1) is 9.42. The Hall–Kier alpha value is -2.22. The monoisotopic (exact) mass is 248 g/mol. The maximum Gasteiger partial charge on any atom is 0.0911 e. The van der Waals surface area contributed by atoms with Crippen LogP contribution in [0.25, 0.3) is 6.08 Å². The highest BCUT2D eigenvalue weighted by molar-refractivity contribution is 5.86. The average Bonchev–Trinajstić information content (AvgIpc) is 2.81. The Bertz CT molecular complexity index is 631. The smallest absolute Gasteiger partial charge is 0.0911 e. The molecule has 0 unspecified atom stereocenters. The van der Waals surface area contributed by atoms with Crippen molar-refractivity contribution in [1.29, 1.82) is 0 Å². The van der Waals surface area contributed by atoms with Crippen molar-refractivity contribution in [3.05, 3.63) is 65.7 Å². The molecule has 94 valence electrons. The predicted octanol–water partition coefficient (Wildman–Crippen LogP) is 3.50. The van der Waals surface area contributed by atoms with Gasteiger partial charge in [0.15, 0.2) is 0 Å². The van der Waals surface area contributed by atoms with Crippen LogP contribution in [0.2, 0.25) is 0 Å². The van der Waals surface area contributed by atoms with Gasteiger partial charge in [0.2, 0.25) is 0 Å². The molecule has 2 aliphatic heterocycles. The molecule has 0 bridgehead atoms. The second kappa shape index (κ2) is 4.16. The topological polar surface area (TPSA) is 6.48 Å². The average molecular weight is 248 g/mol. The normalized spacial score (nSPS) is 15.8. The first kappa shape index (κ1) is 10.7. The molecule has 0 fully saturated rings. The maximum atomic E-state index is 2.46. The van der Waals surface area contributed by atoms with Gasteiger partial charge >= 0.3 is 0 Å². The van der Waals surface area contributed by atoms with Crippen LogP contribution in [0.15, 0.2) is 54.6 Å². The minimum Gasteiger partial charge on any atom is -0.348 e. The zero-order valence-corrected chi connectivity index (χ0v) is 10.8. The van der Waals surface area contributed by atoms with E-state index in [1.165, 1.54) is 22.5 Å². The van der Waals surface area contributed by atoms with Crippen LogP contribution < -0.4 is 9.80 Å². The van der Waals surface area contributed by atoms with Crippen LogP contribution in [-0.2, 0) is 6.54 Å². The summed E-state index contributed by atoms with van der Waals surface area (Å²) in [4.78, 5) is 4.91. The van der Waals surface area contributed by atoms with Gasteiger partial charge in [-0.2, -0.15) is 0 Å². The molecular weight excluding hydrogens is 232 g/mol. The predicted molar refractivity (Wildman–Crippen MR) is 80.3 cm³/mol. The number of hydrogen-bond donors (Lipinski definition) is 0. The van der Waals surface area contributed by atoms with Crippen LogP contribution in [0.4, 0.5) is 11.4 Å². The van der Waals surface area contributed by atoms with Crippen molar-refractivity contribution >= 4 is 17.5 Å². The molecule has 2 aromatic rings. The van der Waals surface area contributed by atoms with E-state index in [0.29, 0.717) is 0 Å². The SMILES string of the molecule is C1=Cc2cccc3c2N(C1)CN3Cc1ccccc1. The molecule has 0 aromatic heterocycles. The van der Waals surface area contributed by atoms with Crippen LogP contribution >= 0.6 is 0 Å². The molecule has 4 rings (SSSR count). The van der Waals surface area contributed by atoms with Gasteiger partial charge in [0.25, 0.3) is 0 Å². The van der Waals surface area contributed by atoms with E-state index >= 15 is 0 Å². The molecule has 2 aromatic carbocycles. The van der Waals surface area contributed by atoms with Gasteiger partial charge < -0.3 is 9.80 Å². The summed E-state index contributed by atoms with van der Waals surface area (Å²) in [6, 6.07) is 17.3. The summed E-state index contributed by atoms with van der Waals surface area (Å²) in [6.07, 6.45) is 4.49. The van der Waals surface area contributed by atoms with Crippen LogP contribution in [0.5, 0.6) is 0 Å². The Labute approximate surface area is 113 Å². The number of anilines is 2. The molecule has 2 heteroatoms. The summed E-state index contributed by atoms with van der Waals surface area (Å²) in [7, 11) is 0. The minimum atomic E-state index is 0.980. The van der Waals surface area contributed by atoms with E-state index in [2.05, 4.69) is 70.5 Å². The fourth-order valence-electron chi connectivity index (χ4n) is 3.03. The van der Waals surface area contributed by atoms with Crippen molar-refractivity contribution in [3.63, 3.8) is 0 Å². The summed E-state index contributed by atoms with van der Waals surface area (Å²) in [5.41, 5.74) is 5.49. The first-order valence-corrected chi connectivity index (χ1v) is 6.75. The van der Waals surface area contributed by atoms with Gasteiger partial charge in [0.05, 0.1) is 18.0 Å². The number of hydrogen-bond acceptors (Lipinski definition) is 2. The summed E-state index contributed by atoms with van der Waals surface area (Å²) < 4.78 is 0. The van der Waals surface area contributed by atoms with Crippen molar-refractivity contribution in [2.75, 3.05) is 23.0 Å². The van der Waals surface area contributed by atoms with Crippen molar-refractivity contribution in [2.45, 2.75) is 6.54 Å². The molecule has 2 nitrogen and oxygen atoms in total. The quantitative estimate of drug-likeness (QED) is 0.802. The fraction of sp³-hybridized carbons (Fsp3) is 0.176. The van der Waals surface area contributed by atoms with Crippen LogP contribution in [0.3, 0.4) is 0 Å². The summed E-state index contributed by atoms with van der Waals surface area (Å²) in [6.45, 7) is 2.99. The van der Waals surface area contributed by atoms with E-state index in [9.17, 15) is 0 Å². The summed E-state index contributed by atoms with van der Waals surface area (Å²) in [5, 5.41) is 0. The molecule has 0 atom stereocenters. The molecule has 2 aliphatic rings. The molecule has 2 heterocycles. The molecule has 0 aliphatic carbocycles. The third kappa shape index (κ3) is 1.72. The van der Waals surface area contributed by atoms with Crippen LogP contribution in [-0.4, -0.2) is 13.2 Å². The van der Waals surface area contributed by atoms with E-state index in [1.807, 2.05) is 0 Å². The summed E-state index contributed by atoms with van der Waals surface area (Å²) in [5.74, 6) is 0. The Morgan fingerprint density at radius 3 is 2.74 bits per heavy atom. The summed E-state index contributed by atoms with van der Waals surface area (Å²) >= 11 is 0. The van der Waals surface area contributed by atoms with Crippen molar-refractivity contribution < 1.29 is 0 Å². The number of benzene rings is 2. The first-order valence-electron chi connectivity index (χ1n) is 6.75. The molecule has 0 spiro atoms. The number of rotatable bonds is 2. The maximum absolute atomic E-state index is 2.46. The van der Waals surface area contributed by atoms with Gasteiger partial charge in [-0.25, -0.2) is 0 Å². The van der Waals surface area contributed by atoms with Gasteiger partial charge in [-0.1, -0.05) is 54.6 Å². The van der Waals surface area contributed by atoms with Crippen LogP contribution in [0, 0.1) is 0 Å². The van der Waals surface area contributed by atoms with Gasteiger partial charge in [0.1, 0.15) is 0 Å². The third-order valence-electron chi connectivity index (χ3n) is 3.88. The Morgan fingerprint density at radius 1 is 0.947 bits per heavy atom. The molecular formula is C17H16N2. The lowest BCUT2D eigenvalue weighted by Gasteiger charge is -2.22. The van der Waals surface area contributed by atoms with Crippen molar-refractivity contribution in [3.8, 4) is 0 Å². The van der Waals surface area contributed by atoms with E-state index in [4.69, 9.17) is 0 Å². The Morgan fingerprint density at radius 2 is 1.84 bits per heavy atom. The highest BCUT2D eigenvalue weighted by Gasteiger charge is 2.28. The highest BCUT2D eigenvalue weighted by Crippen LogP contribution is 2.41. The van der Waals surface area contributed by atoms with Gasteiger partial charge in [0, 0.05) is 13.1 Å². The zero-order chi connectivity index (χ0) is 12.7. The molecule has 0 amide bonds. The van der Waals surface area contributed by atoms with Gasteiger partial charge in [-0.15, -0.1) is 0 Å². The van der Waals surface area contributed by atoms with Crippen molar-refractivity contribution in [2.24, 2.45) is 0 Å². The standard InChI is InChI=1S/C17H16N2/c1-2-6-14(7-3-1)12-19-13-18-11-5-9-15-8-4-10-16(19)17(15)18/h1-10H,11-13H2. The number of para-hydroxylation sites is 1. The molecule has 0 N–H and O–H groups in total. The molecule has 0 saturated carbocycles. The lowest BCUT2D eigenvalue weighted by atomic mass is 10.1. The van der Waals surface area contributed by atoms with E-state index < -0.39 is 0 Å². The fourth-order valence-corrected chi connectivity index (χ4v) is 3.03. The highest BCUT2D eigenvalue weighted by atomic mass is 15.4. The Balaban J connectivity index is 1.71. The second-order valence-corrected chi connectivity index (χ2v) is 5.16. The van der Waals surface area contributed by atoms with Gasteiger partial charge in [-0.05, 0) is 17.2 Å². The largest absolute Gasteiger partial charge is 0.348 e. The van der Waals surface area contributed by atoms with Crippen LogP contribution in [0.1, 0.15) is 11.1 Å². The zero-order valence-electron chi connectivity index (χ0n) is 10.8. The third-order valence-corrected chi connectivity index (χ3v) is 3.88. The van der Waals surface area contributed by atoms with E-state index in [-0.39, 0.29) is 0 Å². The van der Waals surface area contributed by atoms with E-state index in [1.54, 1.807) is 0 Å². The van der Waals surface area contributed by atoms with E-state index in [0.717, 1.165) is 19.8 Å².